The van der Waals surface area contributed by atoms with E-state index in [0.717, 1.165) is 38.4 Å². The molecule has 2 rings (SSSR count). The fraction of sp³-hybridized carbons (Fsp3) is 0.619. The molecule has 1 aromatic carbocycles. The minimum atomic E-state index is -0.0679. The third-order valence-electron chi connectivity index (χ3n) is 4.68. The monoisotopic (exact) mass is 375 g/mol. The van der Waals surface area contributed by atoms with E-state index in [2.05, 4.69) is 39.5 Å². The second-order valence-corrected chi connectivity index (χ2v) is 7.09. The van der Waals surface area contributed by atoms with Gasteiger partial charge in [-0.1, -0.05) is 24.3 Å². The van der Waals surface area contributed by atoms with Crippen molar-refractivity contribution in [3.63, 3.8) is 0 Å². The van der Waals surface area contributed by atoms with Crippen LogP contribution in [0.25, 0.3) is 0 Å². The molecule has 6 heteroatoms. The lowest BCUT2D eigenvalue weighted by molar-refractivity contribution is -0.149. The van der Waals surface area contributed by atoms with E-state index in [-0.39, 0.29) is 18.0 Å². The Labute approximate surface area is 162 Å². The van der Waals surface area contributed by atoms with Gasteiger partial charge in [0.15, 0.2) is 5.96 Å². The first kappa shape index (κ1) is 21.2. The molecule has 0 aliphatic carbocycles. The van der Waals surface area contributed by atoms with Gasteiger partial charge >= 0.3 is 5.97 Å². The number of carbonyl (C=O) groups excluding carboxylic acids is 1. The molecule has 0 spiro atoms. The first-order chi connectivity index (χ1) is 13.0. The van der Waals surface area contributed by atoms with Crippen LogP contribution in [-0.2, 0) is 27.4 Å². The predicted octanol–water partition coefficient (Wildman–Crippen LogP) is 2.96. The summed E-state index contributed by atoms with van der Waals surface area (Å²) < 4.78 is 10.8. The Morgan fingerprint density at radius 2 is 1.85 bits per heavy atom. The van der Waals surface area contributed by atoms with Crippen LogP contribution in [0.4, 0.5) is 0 Å². The number of nitrogens with zero attached hydrogens (tertiary/aromatic N) is 2. The van der Waals surface area contributed by atoms with Crippen LogP contribution in [0.5, 0.6) is 0 Å². The average Bonchev–Trinajstić information content (AvgIpc) is 2.68. The predicted molar refractivity (Wildman–Crippen MR) is 107 cm³/mol. The van der Waals surface area contributed by atoms with Crippen LogP contribution in [0.2, 0.25) is 0 Å². The number of nitrogens with one attached hydrogen (secondary N) is 1. The highest BCUT2D eigenvalue weighted by Gasteiger charge is 2.27. The fourth-order valence-corrected chi connectivity index (χ4v) is 3.12. The molecule has 1 fully saturated rings. The lowest BCUT2D eigenvalue weighted by Crippen LogP contribution is -2.46. The van der Waals surface area contributed by atoms with Gasteiger partial charge in [-0.25, -0.2) is 0 Å². The molecule has 0 unspecified atom stereocenters. The Kier molecular flexibility index (Phi) is 8.58. The summed E-state index contributed by atoms with van der Waals surface area (Å²) in [4.78, 5) is 18.5. The number of likely N-dealkylation sites (tertiary alicyclic amines) is 1. The highest BCUT2D eigenvalue weighted by molar-refractivity contribution is 5.80. The molecule has 1 aromatic rings. The van der Waals surface area contributed by atoms with Crippen molar-refractivity contribution in [3.8, 4) is 0 Å². The van der Waals surface area contributed by atoms with Gasteiger partial charge in [0, 0.05) is 26.7 Å². The number of hydrogen-bond acceptors (Lipinski definition) is 4. The van der Waals surface area contributed by atoms with Crippen LogP contribution < -0.4 is 5.32 Å². The molecule has 1 N–H and O–H groups in total. The van der Waals surface area contributed by atoms with Crippen molar-refractivity contribution in [1.82, 2.24) is 10.2 Å². The van der Waals surface area contributed by atoms with Gasteiger partial charge in [0.2, 0.25) is 0 Å². The van der Waals surface area contributed by atoms with Gasteiger partial charge in [-0.15, -0.1) is 0 Å². The van der Waals surface area contributed by atoms with E-state index >= 15 is 0 Å². The molecule has 1 aliphatic heterocycles. The number of carbonyl (C=O) groups is 1. The van der Waals surface area contributed by atoms with Gasteiger partial charge < -0.3 is 19.7 Å². The maximum atomic E-state index is 11.9. The molecule has 1 aliphatic rings. The van der Waals surface area contributed by atoms with Crippen LogP contribution in [0.15, 0.2) is 29.3 Å². The lowest BCUT2D eigenvalue weighted by Gasteiger charge is -2.33. The normalized spacial score (nSPS) is 15.9. The molecule has 0 bridgehead atoms. The van der Waals surface area contributed by atoms with Gasteiger partial charge in [0.05, 0.1) is 25.2 Å². The van der Waals surface area contributed by atoms with Gasteiger partial charge in [-0.2, -0.15) is 0 Å². The standard InChI is InChI=1S/C21H33N3O3/c1-5-26-20(25)19-10-12-24(13-11-19)21(22-4)23-14-17-6-8-18(9-7-17)15-27-16(2)3/h6-9,16,19H,5,10-15H2,1-4H3,(H,22,23). The van der Waals surface area contributed by atoms with Crippen molar-refractivity contribution in [1.29, 1.82) is 0 Å². The molecule has 0 saturated carbocycles. The van der Waals surface area contributed by atoms with Crippen molar-refractivity contribution in [2.75, 3.05) is 26.7 Å². The summed E-state index contributed by atoms with van der Waals surface area (Å²) in [7, 11) is 1.80. The molecule has 6 nitrogen and oxygen atoms in total. The molecule has 0 amide bonds. The SMILES string of the molecule is CCOC(=O)C1CCN(C(=NC)NCc2ccc(COC(C)C)cc2)CC1. The molecular weight excluding hydrogens is 342 g/mol. The smallest absolute Gasteiger partial charge is 0.309 e. The largest absolute Gasteiger partial charge is 0.466 e. The average molecular weight is 376 g/mol. The van der Waals surface area contributed by atoms with Gasteiger partial charge in [0.1, 0.15) is 0 Å². The summed E-state index contributed by atoms with van der Waals surface area (Å²) in [5, 5.41) is 3.42. The zero-order valence-corrected chi connectivity index (χ0v) is 17.0. The third-order valence-corrected chi connectivity index (χ3v) is 4.68. The Hall–Kier alpha value is -2.08. The topological polar surface area (TPSA) is 63.2 Å². The van der Waals surface area contributed by atoms with Crippen molar-refractivity contribution < 1.29 is 14.3 Å². The highest BCUT2D eigenvalue weighted by Crippen LogP contribution is 2.19. The quantitative estimate of drug-likeness (QED) is 0.451. The van der Waals surface area contributed by atoms with E-state index in [1.165, 1.54) is 11.1 Å². The van der Waals surface area contributed by atoms with Crippen molar-refractivity contribution in [3.05, 3.63) is 35.4 Å². The number of benzene rings is 1. The van der Waals surface area contributed by atoms with Crippen molar-refractivity contribution >= 4 is 11.9 Å². The highest BCUT2D eigenvalue weighted by atomic mass is 16.5. The molecule has 0 radical (unpaired) electrons. The first-order valence-corrected chi connectivity index (χ1v) is 9.85. The van der Waals surface area contributed by atoms with E-state index < -0.39 is 0 Å². The second kappa shape index (κ2) is 10.9. The fourth-order valence-electron chi connectivity index (χ4n) is 3.12. The van der Waals surface area contributed by atoms with Crippen LogP contribution in [0, 0.1) is 5.92 Å². The first-order valence-electron chi connectivity index (χ1n) is 9.85. The molecule has 0 aromatic heterocycles. The summed E-state index contributed by atoms with van der Waals surface area (Å²) in [6.45, 7) is 9.37. The molecule has 0 atom stereocenters. The molecule has 150 valence electrons. The zero-order chi connectivity index (χ0) is 19.6. The third kappa shape index (κ3) is 6.86. The van der Waals surface area contributed by atoms with Crippen LogP contribution >= 0.6 is 0 Å². The molecule has 27 heavy (non-hydrogen) atoms. The number of esters is 1. The van der Waals surface area contributed by atoms with Gasteiger partial charge in [-0.05, 0) is 44.7 Å². The van der Waals surface area contributed by atoms with Crippen LogP contribution in [0.3, 0.4) is 0 Å². The number of piperidine rings is 1. The van der Waals surface area contributed by atoms with Crippen molar-refractivity contribution in [2.45, 2.75) is 52.9 Å². The van der Waals surface area contributed by atoms with Crippen LogP contribution in [0.1, 0.15) is 44.7 Å². The summed E-state index contributed by atoms with van der Waals surface area (Å²) in [6, 6.07) is 8.44. The summed E-state index contributed by atoms with van der Waals surface area (Å²) in [5.41, 5.74) is 2.38. The number of ether oxygens (including phenoxy) is 2. The van der Waals surface area contributed by atoms with Crippen LogP contribution in [-0.4, -0.2) is 49.7 Å². The van der Waals surface area contributed by atoms with Gasteiger partial charge in [0.25, 0.3) is 0 Å². The second-order valence-electron chi connectivity index (χ2n) is 7.09. The Morgan fingerprint density at radius 1 is 1.22 bits per heavy atom. The number of aliphatic imine (C=N–C) groups is 1. The number of hydrogen-bond donors (Lipinski definition) is 1. The minimum absolute atomic E-state index is 0.0138. The Balaban J connectivity index is 1.80. The van der Waals surface area contributed by atoms with Gasteiger partial charge in [-0.3, -0.25) is 9.79 Å². The molecule has 1 heterocycles. The summed E-state index contributed by atoms with van der Waals surface area (Å²) in [5.74, 6) is 0.825. The van der Waals surface area contributed by atoms with E-state index in [0.29, 0.717) is 13.2 Å². The van der Waals surface area contributed by atoms with E-state index in [4.69, 9.17) is 9.47 Å². The van der Waals surface area contributed by atoms with E-state index in [1.807, 2.05) is 20.8 Å². The van der Waals surface area contributed by atoms with E-state index in [9.17, 15) is 4.79 Å². The Bertz CT molecular complexity index is 606. The maximum Gasteiger partial charge on any atom is 0.309 e. The number of guanidine groups is 1. The zero-order valence-electron chi connectivity index (χ0n) is 17.0. The van der Waals surface area contributed by atoms with Crippen molar-refractivity contribution in [2.24, 2.45) is 10.9 Å². The lowest BCUT2D eigenvalue weighted by atomic mass is 9.97. The maximum absolute atomic E-state index is 11.9. The molecule has 1 saturated heterocycles. The Morgan fingerprint density at radius 3 is 2.41 bits per heavy atom. The van der Waals surface area contributed by atoms with E-state index in [1.54, 1.807) is 7.05 Å². The minimum Gasteiger partial charge on any atom is -0.466 e. The summed E-state index contributed by atoms with van der Waals surface area (Å²) in [6.07, 6.45) is 1.86. The number of rotatable bonds is 7. The summed E-state index contributed by atoms with van der Waals surface area (Å²) >= 11 is 0. The molecular formula is C21H33N3O3.